The number of carboxylic acid groups (broad SMARTS) is 1. The number of nitrogens with zero attached hydrogens (tertiary/aromatic N) is 3. The van der Waals surface area contributed by atoms with Crippen LogP contribution in [0.25, 0.3) is 0 Å². The first-order chi connectivity index (χ1) is 9.40. The molecular formula is C12H17N3O4S. The van der Waals surface area contributed by atoms with E-state index in [9.17, 15) is 14.4 Å². The van der Waals surface area contributed by atoms with Crippen molar-refractivity contribution in [1.29, 1.82) is 0 Å². The average Bonchev–Trinajstić information content (AvgIpc) is 2.88. The first-order valence-corrected chi connectivity index (χ1v) is 7.00. The molecule has 0 saturated carbocycles. The van der Waals surface area contributed by atoms with Gasteiger partial charge >= 0.3 is 5.97 Å². The van der Waals surface area contributed by atoms with Crippen LogP contribution in [0.3, 0.4) is 0 Å². The third kappa shape index (κ3) is 3.77. The van der Waals surface area contributed by atoms with Crippen molar-refractivity contribution < 1.29 is 19.5 Å². The summed E-state index contributed by atoms with van der Waals surface area (Å²) in [6.45, 7) is 4.84. The van der Waals surface area contributed by atoms with Gasteiger partial charge in [-0.1, -0.05) is 0 Å². The standard InChI is InChI=1S/C12H17N3O4S/c1-4-15(5-2)9(16)6-14(3)11(17)10-13-8(7-20-10)12(18)19/h7H,4-6H2,1-3H3,(H,18,19). The highest BCUT2D eigenvalue weighted by molar-refractivity contribution is 7.11. The van der Waals surface area contributed by atoms with Crippen molar-refractivity contribution in [1.82, 2.24) is 14.8 Å². The Morgan fingerprint density at radius 2 is 1.90 bits per heavy atom. The van der Waals surface area contributed by atoms with Gasteiger partial charge in [0.1, 0.15) is 0 Å². The maximum absolute atomic E-state index is 12.0. The summed E-state index contributed by atoms with van der Waals surface area (Å²) < 4.78 is 0. The highest BCUT2D eigenvalue weighted by atomic mass is 32.1. The van der Waals surface area contributed by atoms with Gasteiger partial charge in [0.15, 0.2) is 10.7 Å². The summed E-state index contributed by atoms with van der Waals surface area (Å²) in [5.41, 5.74) is -0.165. The number of hydrogen-bond donors (Lipinski definition) is 1. The predicted molar refractivity (Wildman–Crippen MR) is 74.0 cm³/mol. The van der Waals surface area contributed by atoms with Gasteiger partial charge < -0.3 is 14.9 Å². The average molecular weight is 299 g/mol. The van der Waals surface area contributed by atoms with Gasteiger partial charge in [0, 0.05) is 25.5 Å². The van der Waals surface area contributed by atoms with Crippen LogP contribution in [-0.4, -0.2) is 64.4 Å². The third-order valence-corrected chi connectivity index (χ3v) is 3.57. The topological polar surface area (TPSA) is 90.8 Å². The van der Waals surface area contributed by atoms with E-state index in [4.69, 9.17) is 5.11 Å². The molecule has 1 N–H and O–H groups in total. The Hall–Kier alpha value is -1.96. The van der Waals surface area contributed by atoms with Crippen molar-refractivity contribution in [3.8, 4) is 0 Å². The van der Waals surface area contributed by atoms with E-state index in [1.165, 1.54) is 17.3 Å². The molecule has 0 spiro atoms. The van der Waals surface area contributed by atoms with Crippen LogP contribution in [0.15, 0.2) is 5.38 Å². The van der Waals surface area contributed by atoms with Crippen LogP contribution >= 0.6 is 11.3 Å². The number of carbonyl (C=O) groups is 3. The molecule has 1 aromatic heterocycles. The molecule has 0 fully saturated rings. The highest BCUT2D eigenvalue weighted by Gasteiger charge is 2.21. The molecule has 20 heavy (non-hydrogen) atoms. The molecule has 1 rings (SSSR count). The molecule has 0 unspecified atom stereocenters. The lowest BCUT2D eigenvalue weighted by atomic mass is 10.4. The summed E-state index contributed by atoms with van der Waals surface area (Å²) in [4.78, 5) is 41.2. The molecule has 1 aromatic rings. The first-order valence-electron chi connectivity index (χ1n) is 6.12. The van der Waals surface area contributed by atoms with Gasteiger partial charge in [0.05, 0.1) is 6.54 Å². The van der Waals surface area contributed by atoms with Gasteiger partial charge in [-0.3, -0.25) is 9.59 Å². The zero-order valence-corrected chi connectivity index (χ0v) is 12.4. The maximum atomic E-state index is 12.0. The highest BCUT2D eigenvalue weighted by Crippen LogP contribution is 2.12. The quantitative estimate of drug-likeness (QED) is 0.838. The second-order valence-corrected chi connectivity index (χ2v) is 4.93. The smallest absolute Gasteiger partial charge is 0.355 e. The van der Waals surface area contributed by atoms with Crippen LogP contribution in [0.2, 0.25) is 0 Å². The first kappa shape index (κ1) is 16.1. The molecule has 7 nitrogen and oxygen atoms in total. The summed E-state index contributed by atoms with van der Waals surface area (Å²) in [7, 11) is 1.49. The fourth-order valence-corrected chi connectivity index (χ4v) is 2.37. The lowest BCUT2D eigenvalue weighted by Crippen LogP contribution is -2.41. The van der Waals surface area contributed by atoms with Crippen molar-refractivity contribution in [2.45, 2.75) is 13.8 Å². The lowest BCUT2D eigenvalue weighted by Gasteiger charge is -2.22. The number of amides is 2. The van der Waals surface area contributed by atoms with Crippen LogP contribution in [-0.2, 0) is 4.79 Å². The van der Waals surface area contributed by atoms with Gasteiger partial charge in [0.2, 0.25) is 5.91 Å². The van der Waals surface area contributed by atoms with Crippen LogP contribution in [0.1, 0.15) is 34.1 Å². The van der Waals surface area contributed by atoms with E-state index in [2.05, 4.69) is 4.98 Å². The van der Waals surface area contributed by atoms with Crippen molar-refractivity contribution in [3.05, 3.63) is 16.1 Å². The molecule has 0 aliphatic rings. The number of rotatable bonds is 6. The van der Waals surface area contributed by atoms with Crippen LogP contribution < -0.4 is 0 Å². The van der Waals surface area contributed by atoms with Gasteiger partial charge in [-0.15, -0.1) is 11.3 Å². The summed E-state index contributed by atoms with van der Waals surface area (Å²) in [5.74, 6) is -1.79. The normalized spacial score (nSPS) is 10.2. The Kier molecular flexibility index (Phi) is 5.63. The van der Waals surface area contributed by atoms with E-state index >= 15 is 0 Å². The molecule has 0 aliphatic heterocycles. The number of thiazole rings is 1. The van der Waals surface area contributed by atoms with E-state index < -0.39 is 11.9 Å². The van der Waals surface area contributed by atoms with Crippen LogP contribution in [0.5, 0.6) is 0 Å². The van der Waals surface area contributed by atoms with E-state index in [0.29, 0.717) is 13.1 Å². The molecule has 0 aliphatic carbocycles. The second-order valence-electron chi connectivity index (χ2n) is 4.07. The van der Waals surface area contributed by atoms with Gasteiger partial charge in [0.25, 0.3) is 5.91 Å². The summed E-state index contributed by atoms with van der Waals surface area (Å²) in [5, 5.41) is 10.1. The van der Waals surface area contributed by atoms with Gasteiger partial charge in [-0.05, 0) is 13.8 Å². The molecule has 0 radical (unpaired) electrons. The number of carbonyl (C=O) groups excluding carboxylic acids is 2. The second kappa shape index (κ2) is 6.99. The Labute approximate surface area is 120 Å². The van der Waals surface area contributed by atoms with Crippen molar-refractivity contribution in [2.24, 2.45) is 0 Å². The summed E-state index contributed by atoms with van der Waals surface area (Å²) in [6.07, 6.45) is 0. The van der Waals surface area contributed by atoms with E-state index in [-0.39, 0.29) is 23.2 Å². The van der Waals surface area contributed by atoms with Crippen LogP contribution in [0, 0.1) is 0 Å². The maximum Gasteiger partial charge on any atom is 0.355 e. The molecule has 0 aromatic carbocycles. The molecular weight excluding hydrogens is 282 g/mol. The van der Waals surface area contributed by atoms with Crippen molar-refractivity contribution in [3.63, 3.8) is 0 Å². The number of aromatic nitrogens is 1. The predicted octanol–water partition coefficient (Wildman–Crippen LogP) is 0.782. The van der Waals surface area contributed by atoms with E-state index in [0.717, 1.165) is 11.3 Å². The molecule has 110 valence electrons. The number of aromatic carboxylic acids is 1. The summed E-state index contributed by atoms with van der Waals surface area (Å²) >= 11 is 0.953. The minimum Gasteiger partial charge on any atom is -0.476 e. The Morgan fingerprint density at radius 1 is 1.30 bits per heavy atom. The largest absolute Gasteiger partial charge is 0.476 e. The number of hydrogen-bond acceptors (Lipinski definition) is 5. The number of carboxylic acids is 1. The zero-order valence-electron chi connectivity index (χ0n) is 11.6. The monoisotopic (exact) mass is 299 g/mol. The number of likely N-dealkylation sites (N-methyl/N-ethyl adjacent to an activating group) is 2. The zero-order chi connectivity index (χ0) is 15.3. The minimum atomic E-state index is -1.18. The molecule has 0 saturated heterocycles. The fraction of sp³-hybridized carbons (Fsp3) is 0.500. The van der Waals surface area contributed by atoms with E-state index in [1.807, 2.05) is 13.8 Å². The molecule has 0 bridgehead atoms. The SMILES string of the molecule is CCN(CC)C(=O)CN(C)C(=O)c1nc(C(=O)O)cs1. The van der Waals surface area contributed by atoms with Crippen molar-refractivity contribution >= 4 is 29.1 Å². The molecule has 1 heterocycles. The Bertz CT molecular complexity index is 511. The minimum absolute atomic E-state index is 0.0531. The van der Waals surface area contributed by atoms with Crippen LogP contribution in [0.4, 0.5) is 0 Å². The summed E-state index contributed by atoms with van der Waals surface area (Å²) in [6, 6.07) is 0. The molecule has 2 amide bonds. The molecule has 0 atom stereocenters. The van der Waals surface area contributed by atoms with Crippen molar-refractivity contribution in [2.75, 3.05) is 26.7 Å². The van der Waals surface area contributed by atoms with Gasteiger partial charge in [-0.25, -0.2) is 9.78 Å². The fourth-order valence-electron chi connectivity index (χ4n) is 1.58. The Morgan fingerprint density at radius 3 is 2.35 bits per heavy atom. The van der Waals surface area contributed by atoms with E-state index in [1.54, 1.807) is 4.90 Å². The third-order valence-electron chi connectivity index (χ3n) is 2.74. The Balaban J connectivity index is 2.71. The van der Waals surface area contributed by atoms with Gasteiger partial charge in [-0.2, -0.15) is 0 Å². The molecule has 8 heteroatoms. The lowest BCUT2D eigenvalue weighted by molar-refractivity contribution is -0.131.